The number of hydrogen-bond donors (Lipinski definition) is 1. The van der Waals surface area contributed by atoms with E-state index in [2.05, 4.69) is 25.0 Å². The molecule has 0 unspecified atom stereocenters. The molecule has 10 nitrogen and oxygen atoms in total. The number of nitrogens with zero attached hydrogens (tertiary/aromatic N) is 5. The Morgan fingerprint density at radius 1 is 0.886 bits per heavy atom. The predicted octanol–water partition coefficient (Wildman–Crippen LogP) is 3.67. The smallest absolute Gasteiger partial charge is 0.265 e. The molecule has 0 saturated carbocycles. The summed E-state index contributed by atoms with van der Waals surface area (Å²) in [5.74, 6) is 1.22. The molecule has 0 aliphatic heterocycles. The molecule has 5 aromatic rings. The van der Waals surface area contributed by atoms with Gasteiger partial charge >= 0.3 is 0 Å². The summed E-state index contributed by atoms with van der Waals surface area (Å²) in [5.41, 5.74) is 3.05. The zero-order chi connectivity index (χ0) is 24.4. The fourth-order valence-corrected chi connectivity index (χ4v) is 4.77. The van der Waals surface area contributed by atoms with Crippen LogP contribution in [0, 0.1) is 0 Å². The summed E-state index contributed by atoms with van der Waals surface area (Å²) in [4.78, 5) is 4.13. The van der Waals surface area contributed by atoms with Gasteiger partial charge in [0.15, 0.2) is 11.5 Å². The van der Waals surface area contributed by atoms with E-state index in [4.69, 9.17) is 9.47 Å². The van der Waals surface area contributed by atoms with Crippen LogP contribution >= 0.6 is 0 Å². The van der Waals surface area contributed by atoms with Gasteiger partial charge in [-0.25, -0.2) is 8.42 Å². The molecule has 176 valence electrons. The molecular formula is C24H20N6O4S. The van der Waals surface area contributed by atoms with E-state index in [-0.39, 0.29) is 10.6 Å². The first-order valence-electron chi connectivity index (χ1n) is 10.5. The Morgan fingerprint density at radius 2 is 1.74 bits per heavy atom. The van der Waals surface area contributed by atoms with Crippen molar-refractivity contribution in [2.75, 3.05) is 18.9 Å². The Kier molecular flexibility index (Phi) is 5.75. The van der Waals surface area contributed by atoms with E-state index < -0.39 is 10.0 Å². The number of sulfonamides is 1. The van der Waals surface area contributed by atoms with Crippen molar-refractivity contribution in [3.63, 3.8) is 0 Å². The van der Waals surface area contributed by atoms with Crippen molar-refractivity contribution < 1.29 is 17.9 Å². The number of rotatable bonds is 7. The molecule has 11 heteroatoms. The molecule has 5 rings (SSSR count). The highest BCUT2D eigenvalue weighted by atomic mass is 32.2. The molecule has 0 aliphatic carbocycles. The van der Waals surface area contributed by atoms with Crippen LogP contribution in [-0.2, 0) is 10.0 Å². The third-order valence-electron chi connectivity index (χ3n) is 5.25. The standard InChI is InChI=1S/C24H20N6O4S/c1-33-19-8-10-22(21(14-19)34-2)35(31,32)29-18-7-3-5-16(13-18)20-9-11-23-26-27-24(30(23)28-20)17-6-4-12-25-15-17/h3-15,29H,1-2H3. The SMILES string of the molecule is COc1ccc(S(=O)(=O)Nc2cccc(-c3ccc4nnc(-c5cccnc5)n4n3)c2)c(OC)c1. The van der Waals surface area contributed by atoms with Crippen molar-refractivity contribution in [1.82, 2.24) is 24.8 Å². The zero-order valence-corrected chi connectivity index (χ0v) is 19.6. The molecule has 0 saturated heterocycles. The van der Waals surface area contributed by atoms with E-state index in [1.165, 1.54) is 26.4 Å². The normalized spacial score (nSPS) is 11.4. The maximum atomic E-state index is 13.1. The topological polar surface area (TPSA) is 121 Å². The van der Waals surface area contributed by atoms with Crippen LogP contribution in [0.15, 0.2) is 84.0 Å². The first kappa shape index (κ1) is 22.3. The van der Waals surface area contributed by atoms with Crippen molar-refractivity contribution in [3.8, 4) is 34.1 Å². The van der Waals surface area contributed by atoms with E-state index in [0.29, 0.717) is 34.2 Å². The average molecular weight is 489 g/mol. The van der Waals surface area contributed by atoms with Gasteiger partial charge in [0.1, 0.15) is 16.4 Å². The van der Waals surface area contributed by atoms with Gasteiger partial charge in [-0.3, -0.25) is 9.71 Å². The Balaban J connectivity index is 1.49. The molecule has 0 aliphatic rings. The second kappa shape index (κ2) is 9.03. The Hall–Kier alpha value is -4.51. The number of hydrogen-bond acceptors (Lipinski definition) is 8. The Labute approximate surface area is 201 Å². The fourth-order valence-electron chi connectivity index (χ4n) is 3.57. The number of nitrogens with one attached hydrogen (secondary N) is 1. The monoisotopic (exact) mass is 488 g/mol. The highest BCUT2D eigenvalue weighted by molar-refractivity contribution is 7.92. The summed E-state index contributed by atoms with van der Waals surface area (Å²) >= 11 is 0. The van der Waals surface area contributed by atoms with E-state index >= 15 is 0 Å². The quantitative estimate of drug-likeness (QED) is 0.368. The Bertz CT molecular complexity index is 1620. The second-order valence-electron chi connectivity index (χ2n) is 7.46. The largest absolute Gasteiger partial charge is 0.497 e. The molecule has 3 aromatic heterocycles. The van der Waals surface area contributed by atoms with Gasteiger partial charge in [0.05, 0.1) is 19.9 Å². The van der Waals surface area contributed by atoms with Gasteiger partial charge in [0.2, 0.25) is 0 Å². The summed E-state index contributed by atoms with van der Waals surface area (Å²) in [6.07, 6.45) is 3.37. The van der Waals surface area contributed by atoms with E-state index in [1.54, 1.807) is 53.3 Å². The lowest BCUT2D eigenvalue weighted by molar-refractivity contribution is 0.386. The van der Waals surface area contributed by atoms with Crippen LogP contribution in [0.25, 0.3) is 28.3 Å². The number of benzene rings is 2. The summed E-state index contributed by atoms with van der Waals surface area (Å²) < 4.78 is 40.8. The summed E-state index contributed by atoms with van der Waals surface area (Å²) in [7, 11) is -1.03. The van der Waals surface area contributed by atoms with Crippen LogP contribution in [0.1, 0.15) is 0 Å². The first-order valence-corrected chi connectivity index (χ1v) is 11.9. The highest BCUT2D eigenvalue weighted by Crippen LogP contribution is 2.31. The van der Waals surface area contributed by atoms with Gasteiger partial charge in [-0.2, -0.15) is 9.61 Å². The average Bonchev–Trinajstić information content (AvgIpc) is 3.32. The number of pyridine rings is 1. The number of fused-ring (bicyclic) bond motifs is 1. The van der Waals surface area contributed by atoms with Crippen LogP contribution in [0.4, 0.5) is 5.69 Å². The number of ether oxygens (including phenoxy) is 2. The summed E-state index contributed by atoms with van der Waals surface area (Å²) in [6.45, 7) is 0. The van der Waals surface area contributed by atoms with Crippen molar-refractivity contribution in [3.05, 3.63) is 79.1 Å². The molecule has 0 amide bonds. The predicted molar refractivity (Wildman–Crippen MR) is 130 cm³/mol. The molecule has 3 heterocycles. The van der Waals surface area contributed by atoms with Crippen LogP contribution in [0.5, 0.6) is 11.5 Å². The minimum Gasteiger partial charge on any atom is -0.497 e. The minimum atomic E-state index is -3.93. The van der Waals surface area contributed by atoms with Crippen LogP contribution in [-0.4, -0.2) is 47.4 Å². The van der Waals surface area contributed by atoms with Gasteiger partial charge in [0.25, 0.3) is 10.0 Å². The molecule has 0 fully saturated rings. The van der Waals surface area contributed by atoms with Gasteiger partial charge in [-0.1, -0.05) is 12.1 Å². The Morgan fingerprint density at radius 3 is 2.51 bits per heavy atom. The van der Waals surface area contributed by atoms with Crippen molar-refractivity contribution in [1.29, 1.82) is 0 Å². The summed E-state index contributed by atoms with van der Waals surface area (Å²) in [6, 6.07) is 18.8. The molecule has 1 N–H and O–H groups in total. The molecule has 35 heavy (non-hydrogen) atoms. The molecule has 0 atom stereocenters. The molecule has 0 spiro atoms. The van der Waals surface area contributed by atoms with Crippen molar-refractivity contribution in [2.24, 2.45) is 0 Å². The third kappa shape index (κ3) is 4.36. The molecule has 0 bridgehead atoms. The van der Waals surface area contributed by atoms with Crippen LogP contribution in [0.3, 0.4) is 0 Å². The lowest BCUT2D eigenvalue weighted by atomic mass is 10.1. The second-order valence-corrected chi connectivity index (χ2v) is 9.11. The van der Waals surface area contributed by atoms with Crippen molar-refractivity contribution in [2.45, 2.75) is 4.90 Å². The van der Waals surface area contributed by atoms with Gasteiger partial charge in [-0.05, 0) is 48.5 Å². The third-order valence-corrected chi connectivity index (χ3v) is 6.67. The minimum absolute atomic E-state index is 0.00338. The number of methoxy groups -OCH3 is 2. The maximum absolute atomic E-state index is 13.1. The molecule has 0 radical (unpaired) electrons. The number of anilines is 1. The van der Waals surface area contributed by atoms with Crippen LogP contribution < -0.4 is 14.2 Å². The van der Waals surface area contributed by atoms with Crippen LogP contribution in [0.2, 0.25) is 0 Å². The molecule has 2 aromatic carbocycles. The lowest BCUT2D eigenvalue weighted by Gasteiger charge is -2.13. The van der Waals surface area contributed by atoms with Gasteiger partial charge in [-0.15, -0.1) is 10.2 Å². The first-order chi connectivity index (χ1) is 17.0. The van der Waals surface area contributed by atoms with Crippen molar-refractivity contribution >= 4 is 21.4 Å². The van der Waals surface area contributed by atoms with Gasteiger partial charge < -0.3 is 9.47 Å². The van der Waals surface area contributed by atoms with E-state index in [0.717, 1.165) is 5.56 Å². The fraction of sp³-hybridized carbons (Fsp3) is 0.0833. The maximum Gasteiger partial charge on any atom is 0.265 e. The van der Waals surface area contributed by atoms with Gasteiger partial charge in [0, 0.05) is 35.3 Å². The number of aromatic nitrogens is 5. The summed E-state index contributed by atoms with van der Waals surface area (Å²) in [5, 5.41) is 13.1. The van der Waals surface area contributed by atoms with E-state index in [9.17, 15) is 8.42 Å². The highest BCUT2D eigenvalue weighted by Gasteiger charge is 2.21. The molecular weight excluding hydrogens is 468 g/mol. The zero-order valence-electron chi connectivity index (χ0n) is 18.8. The van der Waals surface area contributed by atoms with E-state index in [1.807, 2.05) is 18.2 Å². The lowest BCUT2D eigenvalue weighted by Crippen LogP contribution is -2.14.